The first-order valence-corrected chi connectivity index (χ1v) is 12.0. The van der Waals surface area contributed by atoms with Gasteiger partial charge in [-0.15, -0.1) is 0 Å². The van der Waals surface area contributed by atoms with Crippen molar-refractivity contribution in [2.75, 3.05) is 10.6 Å². The summed E-state index contributed by atoms with van der Waals surface area (Å²) in [6.07, 6.45) is 1.66. The molecule has 0 spiro atoms. The number of fused-ring (bicyclic) bond motifs is 1. The fraction of sp³-hybridized carbons (Fsp3) is 0.269. The number of imide groups is 2. The van der Waals surface area contributed by atoms with Crippen LogP contribution in [0.1, 0.15) is 36.5 Å². The Bertz CT molecular complexity index is 1320. The molecule has 1 saturated heterocycles. The Morgan fingerprint density at radius 2 is 1.78 bits per heavy atom. The Labute approximate surface area is 218 Å². The number of carbonyl (C=O) groups is 5. The molecule has 2 aromatic rings. The molecule has 1 unspecified atom stereocenters. The quantitative estimate of drug-likeness (QED) is 0.303. The highest BCUT2D eigenvalue weighted by Gasteiger charge is 2.33. The zero-order chi connectivity index (χ0) is 26.7. The topological polar surface area (TPSA) is 128 Å². The molecule has 3 N–H and O–H groups in total. The van der Waals surface area contributed by atoms with Gasteiger partial charge in [0.2, 0.25) is 18.2 Å². The van der Waals surface area contributed by atoms with Crippen LogP contribution in [0.3, 0.4) is 0 Å². The van der Waals surface area contributed by atoms with Crippen LogP contribution in [0.4, 0.5) is 16.2 Å². The van der Waals surface area contributed by atoms with Gasteiger partial charge in [0, 0.05) is 47.7 Å². The number of nitrogens with one attached hydrogen (secondary N) is 3. The molecule has 4 rings (SSSR count). The summed E-state index contributed by atoms with van der Waals surface area (Å²) in [5, 5.41) is 8.69. The van der Waals surface area contributed by atoms with Crippen molar-refractivity contribution in [2.24, 2.45) is 0 Å². The summed E-state index contributed by atoms with van der Waals surface area (Å²) in [6.45, 7) is 4.41. The van der Waals surface area contributed by atoms with E-state index in [0.717, 1.165) is 21.6 Å². The number of anilines is 2. The molecule has 2 aromatic carbocycles. The van der Waals surface area contributed by atoms with E-state index in [9.17, 15) is 24.0 Å². The minimum atomic E-state index is -1.03. The molecule has 10 nitrogen and oxygen atoms in total. The normalized spacial score (nSPS) is 17.1. The summed E-state index contributed by atoms with van der Waals surface area (Å²) in [4.78, 5) is 62.8. The number of allylic oxidation sites excluding steroid dienone is 1. The van der Waals surface area contributed by atoms with Gasteiger partial charge in [0.15, 0.2) is 0 Å². The smallest absolute Gasteiger partial charge is 0.322 e. The van der Waals surface area contributed by atoms with Crippen molar-refractivity contribution in [3.8, 4) is 0 Å². The van der Waals surface area contributed by atoms with Crippen molar-refractivity contribution in [1.82, 2.24) is 15.1 Å². The van der Waals surface area contributed by atoms with Gasteiger partial charge in [-0.2, -0.15) is 0 Å². The van der Waals surface area contributed by atoms with Crippen molar-refractivity contribution in [2.45, 2.75) is 45.8 Å². The van der Waals surface area contributed by atoms with Crippen LogP contribution in [0.25, 0.3) is 0 Å². The highest BCUT2D eigenvalue weighted by atomic mass is 35.5. The average molecular weight is 524 g/mol. The molecule has 37 heavy (non-hydrogen) atoms. The van der Waals surface area contributed by atoms with Crippen molar-refractivity contribution in [1.29, 1.82) is 0 Å². The highest BCUT2D eigenvalue weighted by molar-refractivity contribution is 6.31. The largest absolute Gasteiger partial charge is 0.359 e. The third-order valence-electron chi connectivity index (χ3n) is 6.23. The minimum Gasteiger partial charge on any atom is -0.359 e. The van der Waals surface area contributed by atoms with E-state index in [1.165, 1.54) is 6.08 Å². The van der Waals surface area contributed by atoms with E-state index in [-0.39, 0.29) is 18.9 Å². The van der Waals surface area contributed by atoms with E-state index in [1.807, 2.05) is 31.2 Å². The van der Waals surface area contributed by atoms with Gasteiger partial charge in [-0.05, 0) is 61.2 Å². The Morgan fingerprint density at radius 3 is 2.49 bits per heavy atom. The van der Waals surface area contributed by atoms with E-state index in [4.69, 9.17) is 11.6 Å². The van der Waals surface area contributed by atoms with E-state index in [0.29, 0.717) is 41.6 Å². The lowest BCUT2D eigenvalue weighted by Crippen LogP contribution is -2.53. The maximum atomic E-state index is 12.8. The summed E-state index contributed by atoms with van der Waals surface area (Å²) in [5.41, 5.74) is 4.66. The Kier molecular flexibility index (Phi) is 7.58. The van der Waals surface area contributed by atoms with Crippen LogP contribution in [0.2, 0.25) is 5.02 Å². The van der Waals surface area contributed by atoms with E-state index in [2.05, 4.69) is 16.0 Å². The number of amides is 6. The van der Waals surface area contributed by atoms with E-state index < -0.39 is 23.8 Å². The van der Waals surface area contributed by atoms with Crippen molar-refractivity contribution in [3.05, 3.63) is 69.9 Å². The number of nitrogens with zero attached hydrogens (tertiary/aromatic N) is 2. The monoisotopic (exact) mass is 523 g/mol. The van der Waals surface area contributed by atoms with Crippen LogP contribution in [0.15, 0.2) is 48.2 Å². The average Bonchev–Trinajstić information content (AvgIpc) is 3.27. The second kappa shape index (κ2) is 10.8. The molecular formula is C26H26ClN5O5. The van der Waals surface area contributed by atoms with Gasteiger partial charge in [-0.25, -0.2) is 4.79 Å². The first-order valence-electron chi connectivity index (χ1n) is 11.6. The first kappa shape index (κ1) is 25.9. The van der Waals surface area contributed by atoms with Crippen molar-refractivity contribution in [3.63, 3.8) is 0 Å². The second-order valence-corrected chi connectivity index (χ2v) is 9.41. The van der Waals surface area contributed by atoms with Crippen LogP contribution < -0.4 is 16.0 Å². The van der Waals surface area contributed by atoms with Gasteiger partial charge in [0.05, 0.1) is 0 Å². The number of carbonyl (C=O) groups excluding carboxylic acids is 5. The van der Waals surface area contributed by atoms with Crippen molar-refractivity contribution >= 4 is 53.1 Å². The number of urea groups is 1. The molecule has 0 radical (unpaired) electrons. The molecule has 1 fully saturated rings. The van der Waals surface area contributed by atoms with Crippen LogP contribution in [-0.4, -0.2) is 46.0 Å². The number of halogens is 1. The third-order valence-corrected chi connectivity index (χ3v) is 6.64. The number of aryl methyl sites for hydroxylation is 1. The van der Waals surface area contributed by atoms with E-state index in [1.54, 1.807) is 24.0 Å². The Hall–Kier alpha value is -4.18. The van der Waals surface area contributed by atoms with E-state index >= 15 is 0 Å². The van der Waals surface area contributed by atoms with Crippen molar-refractivity contribution < 1.29 is 24.0 Å². The predicted octanol–water partition coefficient (Wildman–Crippen LogP) is 3.30. The van der Waals surface area contributed by atoms with Gasteiger partial charge < -0.3 is 15.5 Å². The summed E-state index contributed by atoms with van der Waals surface area (Å²) in [6, 6.07) is 9.71. The molecule has 0 aromatic heterocycles. The lowest BCUT2D eigenvalue weighted by molar-refractivity contribution is -0.148. The lowest BCUT2D eigenvalue weighted by Gasteiger charge is -2.27. The number of hydrogen-bond donors (Lipinski definition) is 3. The summed E-state index contributed by atoms with van der Waals surface area (Å²) < 4.78 is 0. The Morgan fingerprint density at radius 1 is 1.08 bits per heavy atom. The maximum Gasteiger partial charge on any atom is 0.322 e. The molecule has 2 heterocycles. The van der Waals surface area contributed by atoms with Gasteiger partial charge in [0.1, 0.15) is 6.04 Å². The molecule has 192 valence electrons. The zero-order valence-corrected chi connectivity index (χ0v) is 21.1. The summed E-state index contributed by atoms with van der Waals surface area (Å²) >= 11 is 6.15. The van der Waals surface area contributed by atoms with Crippen LogP contribution in [0, 0.1) is 6.92 Å². The molecule has 6 amide bonds. The predicted molar refractivity (Wildman–Crippen MR) is 137 cm³/mol. The molecule has 0 bridgehead atoms. The molecule has 2 aliphatic rings. The number of hydrogen-bond acceptors (Lipinski definition) is 6. The highest BCUT2D eigenvalue weighted by Crippen LogP contribution is 2.28. The first-order chi connectivity index (χ1) is 17.6. The second-order valence-electron chi connectivity index (χ2n) is 9.00. The number of benzene rings is 2. The lowest BCUT2D eigenvalue weighted by atomic mass is 10.0. The third kappa shape index (κ3) is 5.97. The minimum absolute atomic E-state index is 0.0535. The van der Waals surface area contributed by atoms with Crippen LogP contribution in [-0.2, 0) is 32.3 Å². The SMILES string of the molecule is C/C(=C\C(=O)N(C=O)C1CCC(=O)NC1=O)Nc1ccc2c(c1)CN(C(=O)Nc1ccc(C)c(Cl)c1)C2. The number of piperidine rings is 1. The number of rotatable bonds is 6. The Balaban J connectivity index is 1.38. The summed E-state index contributed by atoms with van der Waals surface area (Å²) in [5.74, 6) is -1.77. The zero-order valence-electron chi connectivity index (χ0n) is 20.3. The van der Waals surface area contributed by atoms with Gasteiger partial charge in [-0.3, -0.25) is 29.4 Å². The maximum absolute atomic E-state index is 12.8. The molecule has 0 saturated carbocycles. The fourth-order valence-electron chi connectivity index (χ4n) is 4.24. The van der Waals surface area contributed by atoms with Gasteiger partial charge in [0.25, 0.3) is 5.91 Å². The summed E-state index contributed by atoms with van der Waals surface area (Å²) in [7, 11) is 0. The molecule has 11 heteroatoms. The fourth-order valence-corrected chi connectivity index (χ4v) is 4.42. The van der Waals surface area contributed by atoms with Crippen LogP contribution in [0.5, 0.6) is 0 Å². The molecular weight excluding hydrogens is 498 g/mol. The van der Waals surface area contributed by atoms with Crippen LogP contribution >= 0.6 is 11.6 Å². The van der Waals surface area contributed by atoms with Gasteiger partial charge in [-0.1, -0.05) is 23.7 Å². The molecule has 1 atom stereocenters. The molecule has 0 aliphatic carbocycles. The molecule has 2 aliphatic heterocycles. The standard InChI is InChI=1S/C26H26ClN5O5/c1-15-3-5-20(11-21(15)27)29-26(37)31-12-17-4-6-19(10-18(17)13-31)28-16(2)9-24(35)32(14-33)22-7-8-23(34)30-25(22)36/h3-6,9-11,14,22,28H,7-8,12-13H2,1-2H3,(H,29,37)(H,30,34,36)/b16-9+. The van der Waals surface area contributed by atoms with Gasteiger partial charge >= 0.3 is 6.03 Å².